The lowest BCUT2D eigenvalue weighted by atomic mass is 9.82. The summed E-state index contributed by atoms with van der Waals surface area (Å²) in [5, 5.41) is 0. The van der Waals surface area contributed by atoms with E-state index in [0.29, 0.717) is 0 Å². The Morgan fingerprint density at radius 3 is 2.53 bits per heavy atom. The second kappa shape index (κ2) is 7.44. The van der Waals surface area contributed by atoms with Crippen molar-refractivity contribution in [1.82, 2.24) is 0 Å². The molecule has 86 valence electrons. The highest BCUT2D eigenvalue weighted by atomic mass is 16.1. The van der Waals surface area contributed by atoms with Gasteiger partial charge < -0.3 is 0 Å². The first kappa shape index (κ1) is 14.2. The fraction of sp³-hybridized carbons (Fsp3) is 0.643. The Hall–Kier alpha value is -0.850. The molecule has 0 aliphatic rings. The Morgan fingerprint density at radius 1 is 1.40 bits per heavy atom. The van der Waals surface area contributed by atoms with E-state index in [1.165, 1.54) is 19.3 Å². The molecular weight excluding hydrogens is 184 g/mol. The molecule has 0 fully saturated rings. The number of unbranched alkanes of at least 4 members (excludes halogenated alkanes) is 3. The Bertz CT molecular complexity index is 227. The first-order chi connectivity index (χ1) is 7.06. The summed E-state index contributed by atoms with van der Waals surface area (Å²) in [5.74, 6) is 0.217. The Labute approximate surface area is 94.3 Å². The van der Waals surface area contributed by atoms with Crippen molar-refractivity contribution in [2.24, 2.45) is 5.41 Å². The standard InChI is InChI=1S/C14H24O/c1-5-7-8-9-10-12-14(4,11-6-2)13(3)15/h6,10,12H,2,5,7-9,11H2,1,3-4H3. The molecule has 1 unspecified atom stereocenters. The number of carbonyl (C=O) groups is 1. The highest BCUT2D eigenvalue weighted by molar-refractivity contribution is 5.84. The van der Waals surface area contributed by atoms with Crippen LogP contribution in [0.25, 0.3) is 0 Å². The van der Waals surface area contributed by atoms with E-state index < -0.39 is 0 Å². The van der Waals surface area contributed by atoms with Gasteiger partial charge in [-0.25, -0.2) is 0 Å². The molecule has 0 rings (SSSR count). The minimum atomic E-state index is -0.339. The van der Waals surface area contributed by atoms with Crippen LogP contribution in [0.1, 0.15) is 52.9 Å². The van der Waals surface area contributed by atoms with E-state index in [0.717, 1.165) is 12.8 Å². The predicted molar refractivity (Wildman–Crippen MR) is 66.9 cm³/mol. The molecule has 0 aromatic carbocycles. The van der Waals surface area contributed by atoms with Gasteiger partial charge >= 0.3 is 0 Å². The number of ketones is 1. The van der Waals surface area contributed by atoms with E-state index in [1.54, 1.807) is 6.92 Å². The maximum atomic E-state index is 11.5. The number of carbonyl (C=O) groups excluding carboxylic acids is 1. The van der Waals surface area contributed by atoms with Crippen molar-refractivity contribution in [3.05, 3.63) is 24.8 Å². The smallest absolute Gasteiger partial charge is 0.139 e. The zero-order chi connectivity index (χ0) is 11.7. The van der Waals surface area contributed by atoms with Crippen molar-refractivity contribution < 1.29 is 4.79 Å². The second-order valence-corrected chi connectivity index (χ2v) is 4.36. The highest BCUT2D eigenvalue weighted by Gasteiger charge is 2.24. The zero-order valence-corrected chi connectivity index (χ0v) is 10.4. The number of hydrogen-bond donors (Lipinski definition) is 0. The van der Waals surface area contributed by atoms with E-state index in [4.69, 9.17) is 0 Å². The summed E-state index contributed by atoms with van der Waals surface area (Å²) in [6.45, 7) is 9.53. The molecule has 0 aromatic rings. The molecule has 0 bridgehead atoms. The number of Topliss-reactive ketones (excluding diaryl/α,β-unsaturated/α-hetero) is 1. The molecular formula is C14H24O. The molecule has 0 radical (unpaired) electrons. The van der Waals surface area contributed by atoms with Crippen LogP contribution in [-0.4, -0.2) is 5.78 Å². The first-order valence-corrected chi connectivity index (χ1v) is 5.86. The monoisotopic (exact) mass is 208 g/mol. The Morgan fingerprint density at radius 2 is 2.07 bits per heavy atom. The van der Waals surface area contributed by atoms with Crippen LogP contribution in [0, 0.1) is 5.41 Å². The summed E-state index contributed by atoms with van der Waals surface area (Å²) in [4.78, 5) is 11.5. The maximum absolute atomic E-state index is 11.5. The summed E-state index contributed by atoms with van der Waals surface area (Å²) in [5.41, 5.74) is -0.339. The number of hydrogen-bond acceptors (Lipinski definition) is 1. The third-order valence-corrected chi connectivity index (χ3v) is 2.83. The van der Waals surface area contributed by atoms with Crippen LogP contribution in [0.5, 0.6) is 0 Å². The van der Waals surface area contributed by atoms with E-state index in [1.807, 2.05) is 19.1 Å². The highest BCUT2D eigenvalue weighted by Crippen LogP contribution is 2.25. The van der Waals surface area contributed by atoms with Crippen molar-refractivity contribution in [1.29, 1.82) is 0 Å². The zero-order valence-electron chi connectivity index (χ0n) is 10.4. The van der Waals surface area contributed by atoms with Crippen molar-refractivity contribution in [3.63, 3.8) is 0 Å². The van der Waals surface area contributed by atoms with Crippen LogP contribution >= 0.6 is 0 Å². The molecule has 0 aliphatic carbocycles. The predicted octanol–water partition coefficient (Wildman–Crippen LogP) is 4.29. The van der Waals surface area contributed by atoms with Gasteiger partial charge in [0.1, 0.15) is 5.78 Å². The lowest BCUT2D eigenvalue weighted by Crippen LogP contribution is -2.21. The molecule has 0 N–H and O–H groups in total. The molecule has 1 atom stereocenters. The molecule has 0 heterocycles. The first-order valence-electron chi connectivity index (χ1n) is 5.86. The van der Waals surface area contributed by atoms with Gasteiger partial charge in [-0.15, -0.1) is 6.58 Å². The molecule has 15 heavy (non-hydrogen) atoms. The van der Waals surface area contributed by atoms with E-state index in [2.05, 4.69) is 19.6 Å². The summed E-state index contributed by atoms with van der Waals surface area (Å²) >= 11 is 0. The lowest BCUT2D eigenvalue weighted by molar-refractivity contribution is -0.123. The minimum Gasteiger partial charge on any atom is -0.299 e. The van der Waals surface area contributed by atoms with Gasteiger partial charge in [0, 0.05) is 5.41 Å². The third-order valence-electron chi connectivity index (χ3n) is 2.83. The molecule has 1 heteroatoms. The molecule has 0 aliphatic heterocycles. The van der Waals surface area contributed by atoms with Crippen LogP contribution in [0.4, 0.5) is 0 Å². The van der Waals surface area contributed by atoms with Gasteiger partial charge in [-0.1, -0.05) is 38.0 Å². The van der Waals surface area contributed by atoms with Gasteiger partial charge in [0.15, 0.2) is 0 Å². The third kappa shape index (κ3) is 5.56. The summed E-state index contributed by atoms with van der Waals surface area (Å²) in [7, 11) is 0. The summed E-state index contributed by atoms with van der Waals surface area (Å²) < 4.78 is 0. The van der Waals surface area contributed by atoms with Crippen LogP contribution in [0.2, 0.25) is 0 Å². The minimum absolute atomic E-state index is 0.217. The van der Waals surface area contributed by atoms with Crippen molar-refractivity contribution in [2.75, 3.05) is 0 Å². The van der Waals surface area contributed by atoms with Gasteiger partial charge in [0.05, 0.1) is 0 Å². The van der Waals surface area contributed by atoms with Gasteiger partial charge in [-0.3, -0.25) is 4.79 Å². The van der Waals surface area contributed by atoms with Gasteiger partial charge in [0.25, 0.3) is 0 Å². The maximum Gasteiger partial charge on any atom is 0.139 e. The average Bonchev–Trinajstić information content (AvgIpc) is 2.18. The van der Waals surface area contributed by atoms with Crippen LogP contribution < -0.4 is 0 Å². The van der Waals surface area contributed by atoms with Gasteiger partial charge in [-0.05, 0) is 33.1 Å². The Kier molecular flexibility index (Phi) is 7.02. The summed E-state index contributed by atoms with van der Waals surface area (Å²) in [6.07, 6.45) is 11.5. The normalized spacial score (nSPS) is 15.1. The summed E-state index contributed by atoms with van der Waals surface area (Å²) in [6, 6.07) is 0. The molecule has 0 aromatic heterocycles. The van der Waals surface area contributed by atoms with Crippen molar-refractivity contribution in [2.45, 2.75) is 52.9 Å². The fourth-order valence-corrected chi connectivity index (χ4v) is 1.48. The van der Waals surface area contributed by atoms with Crippen LogP contribution in [0.3, 0.4) is 0 Å². The second-order valence-electron chi connectivity index (χ2n) is 4.36. The van der Waals surface area contributed by atoms with E-state index in [-0.39, 0.29) is 11.2 Å². The van der Waals surface area contributed by atoms with E-state index >= 15 is 0 Å². The molecule has 0 saturated heterocycles. The topological polar surface area (TPSA) is 17.1 Å². The molecule has 0 spiro atoms. The van der Waals surface area contributed by atoms with Crippen molar-refractivity contribution >= 4 is 5.78 Å². The Balaban J connectivity index is 4.16. The number of allylic oxidation sites excluding steroid dienone is 3. The van der Waals surface area contributed by atoms with Crippen LogP contribution in [-0.2, 0) is 4.79 Å². The van der Waals surface area contributed by atoms with Crippen molar-refractivity contribution in [3.8, 4) is 0 Å². The SMILES string of the molecule is C=CCC(C)(C=CCCCCC)C(C)=O. The number of rotatable bonds is 8. The quantitative estimate of drug-likeness (QED) is 0.429. The average molecular weight is 208 g/mol. The lowest BCUT2D eigenvalue weighted by Gasteiger charge is -2.20. The fourth-order valence-electron chi connectivity index (χ4n) is 1.48. The van der Waals surface area contributed by atoms with Gasteiger partial charge in [-0.2, -0.15) is 0 Å². The van der Waals surface area contributed by atoms with E-state index in [9.17, 15) is 4.79 Å². The molecule has 1 nitrogen and oxygen atoms in total. The molecule has 0 amide bonds. The van der Waals surface area contributed by atoms with Crippen LogP contribution in [0.15, 0.2) is 24.8 Å². The molecule has 0 saturated carbocycles. The van der Waals surface area contributed by atoms with Gasteiger partial charge in [0.2, 0.25) is 0 Å². The largest absolute Gasteiger partial charge is 0.299 e.